The molecule has 0 radical (unpaired) electrons. The molecule has 0 saturated carbocycles. The van der Waals surface area contributed by atoms with Gasteiger partial charge in [-0.15, -0.1) is 0 Å². The third-order valence-electron chi connectivity index (χ3n) is 6.66. The molecule has 1 aliphatic heterocycles. The molecule has 1 aromatic heterocycles. The van der Waals surface area contributed by atoms with Gasteiger partial charge in [0, 0.05) is 24.7 Å². The molecule has 0 bridgehead atoms. The van der Waals surface area contributed by atoms with E-state index in [1.165, 1.54) is 5.56 Å². The second-order valence-corrected chi connectivity index (χ2v) is 10.3. The Morgan fingerprint density at radius 1 is 0.972 bits per heavy atom. The third-order valence-corrected chi connectivity index (χ3v) is 6.97. The van der Waals surface area contributed by atoms with Crippen LogP contribution in [0.3, 0.4) is 0 Å². The highest BCUT2D eigenvalue weighted by molar-refractivity contribution is 6.33. The smallest absolute Gasteiger partial charge is 0.142 e. The number of nitrogens with zero attached hydrogens (tertiary/aromatic N) is 3. The van der Waals surface area contributed by atoms with E-state index in [9.17, 15) is 0 Å². The van der Waals surface area contributed by atoms with Crippen molar-refractivity contribution in [2.24, 2.45) is 0 Å². The molecule has 188 valence electrons. The monoisotopic (exact) mass is 503 g/mol. The number of likely N-dealkylation sites (tertiary alicyclic amines) is 1. The average Bonchev–Trinajstić information content (AvgIpc) is 3.06. The molecule has 1 saturated heterocycles. The molecule has 5 nitrogen and oxygen atoms in total. The van der Waals surface area contributed by atoms with Gasteiger partial charge in [0.15, 0.2) is 0 Å². The van der Waals surface area contributed by atoms with Gasteiger partial charge in [-0.3, -0.25) is 0 Å². The highest BCUT2D eigenvalue weighted by Gasteiger charge is 2.19. The van der Waals surface area contributed by atoms with Gasteiger partial charge in [0.2, 0.25) is 0 Å². The van der Waals surface area contributed by atoms with Gasteiger partial charge in [0.25, 0.3) is 0 Å². The Labute approximate surface area is 218 Å². The standard InChI is InChI=1S/C30H34ClN3O2/c1-21(2)35-25-12-14-29-28(19-25)32-30(34(29)20-22-8-5-4-6-9-22)26-13-11-24(18-27(26)31)36-23-10-7-16-33(3)17-15-23/h4-6,8-9,11-14,18-19,21,23H,7,10,15-17,20H2,1-3H3/t23-/m0/s1. The zero-order chi connectivity index (χ0) is 25.1. The summed E-state index contributed by atoms with van der Waals surface area (Å²) in [6, 6.07) is 22.5. The lowest BCUT2D eigenvalue weighted by molar-refractivity contribution is 0.183. The first-order valence-electron chi connectivity index (χ1n) is 12.8. The van der Waals surface area contributed by atoms with E-state index in [0.717, 1.165) is 66.3 Å². The summed E-state index contributed by atoms with van der Waals surface area (Å²) in [5.41, 5.74) is 4.03. The van der Waals surface area contributed by atoms with Crippen LogP contribution in [0.5, 0.6) is 11.5 Å². The Bertz CT molecular complexity index is 1320. The SMILES string of the molecule is CC(C)Oc1ccc2c(c1)nc(-c1ccc(O[C@H]3CCCN(C)CC3)cc1Cl)n2Cc1ccccc1. The van der Waals surface area contributed by atoms with Crippen LogP contribution in [0.1, 0.15) is 38.7 Å². The summed E-state index contributed by atoms with van der Waals surface area (Å²) in [5, 5.41) is 0.640. The van der Waals surface area contributed by atoms with Gasteiger partial charge in [-0.05, 0) is 82.6 Å². The molecule has 36 heavy (non-hydrogen) atoms. The first kappa shape index (κ1) is 24.7. The lowest BCUT2D eigenvalue weighted by Gasteiger charge is -2.18. The first-order chi connectivity index (χ1) is 17.5. The fraction of sp³-hybridized carbons (Fsp3) is 0.367. The second-order valence-electron chi connectivity index (χ2n) is 9.94. The number of benzene rings is 3. The van der Waals surface area contributed by atoms with Gasteiger partial charge in [-0.2, -0.15) is 0 Å². The minimum Gasteiger partial charge on any atom is -0.491 e. The number of hydrogen-bond acceptors (Lipinski definition) is 4. The van der Waals surface area contributed by atoms with Gasteiger partial charge in [0.1, 0.15) is 17.3 Å². The van der Waals surface area contributed by atoms with Crippen molar-refractivity contribution in [1.29, 1.82) is 0 Å². The van der Waals surface area contributed by atoms with Gasteiger partial charge in [-0.25, -0.2) is 4.98 Å². The van der Waals surface area contributed by atoms with Crippen LogP contribution in [-0.2, 0) is 6.54 Å². The summed E-state index contributed by atoms with van der Waals surface area (Å²) >= 11 is 6.87. The number of imidazole rings is 1. The number of aromatic nitrogens is 2. The summed E-state index contributed by atoms with van der Waals surface area (Å²) < 4.78 is 14.5. The number of rotatable bonds is 7. The molecule has 4 aromatic rings. The van der Waals surface area contributed by atoms with E-state index >= 15 is 0 Å². The molecule has 0 spiro atoms. The average molecular weight is 504 g/mol. The molecule has 1 aliphatic rings. The van der Waals surface area contributed by atoms with Crippen molar-refractivity contribution in [3.05, 3.63) is 77.3 Å². The van der Waals surface area contributed by atoms with Crippen LogP contribution in [-0.4, -0.2) is 46.8 Å². The van der Waals surface area contributed by atoms with Crippen LogP contribution in [0.25, 0.3) is 22.4 Å². The highest BCUT2D eigenvalue weighted by atomic mass is 35.5. The van der Waals surface area contributed by atoms with Crippen LogP contribution in [0.15, 0.2) is 66.7 Å². The number of ether oxygens (including phenoxy) is 2. The van der Waals surface area contributed by atoms with E-state index in [0.29, 0.717) is 11.6 Å². The van der Waals surface area contributed by atoms with E-state index < -0.39 is 0 Å². The van der Waals surface area contributed by atoms with E-state index in [2.05, 4.69) is 46.8 Å². The lowest BCUT2D eigenvalue weighted by atomic mass is 10.1. The Morgan fingerprint density at radius 3 is 2.56 bits per heavy atom. The Kier molecular flexibility index (Phi) is 7.49. The molecule has 0 unspecified atom stereocenters. The van der Waals surface area contributed by atoms with Gasteiger partial charge in [-0.1, -0.05) is 41.9 Å². The molecule has 5 rings (SSSR count). The first-order valence-corrected chi connectivity index (χ1v) is 13.2. The molecule has 0 aliphatic carbocycles. The van der Waals surface area contributed by atoms with Crippen molar-refractivity contribution < 1.29 is 9.47 Å². The minimum absolute atomic E-state index is 0.101. The zero-order valence-corrected chi connectivity index (χ0v) is 22.0. The molecule has 3 aromatic carbocycles. The van der Waals surface area contributed by atoms with Crippen molar-refractivity contribution in [3.63, 3.8) is 0 Å². The topological polar surface area (TPSA) is 39.5 Å². The minimum atomic E-state index is 0.101. The van der Waals surface area contributed by atoms with Crippen molar-refractivity contribution in [1.82, 2.24) is 14.5 Å². The van der Waals surface area contributed by atoms with Crippen LogP contribution in [0, 0.1) is 0 Å². The summed E-state index contributed by atoms with van der Waals surface area (Å²) in [4.78, 5) is 7.40. The summed E-state index contributed by atoms with van der Waals surface area (Å²) in [6.07, 6.45) is 3.57. The van der Waals surface area contributed by atoms with E-state index in [1.54, 1.807) is 0 Å². The zero-order valence-electron chi connectivity index (χ0n) is 21.3. The maximum atomic E-state index is 6.87. The molecule has 6 heteroatoms. The van der Waals surface area contributed by atoms with Crippen LogP contribution in [0.4, 0.5) is 0 Å². The fourth-order valence-electron chi connectivity index (χ4n) is 4.86. The molecular weight excluding hydrogens is 470 g/mol. The predicted octanol–water partition coefficient (Wildman–Crippen LogP) is 7.06. The van der Waals surface area contributed by atoms with Crippen molar-refractivity contribution >= 4 is 22.6 Å². The highest BCUT2D eigenvalue weighted by Crippen LogP contribution is 2.35. The van der Waals surface area contributed by atoms with Crippen molar-refractivity contribution in [2.45, 2.75) is 51.9 Å². The third kappa shape index (κ3) is 5.69. The maximum absolute atomic E-state index is 6.87. The Morgan fingerprint density at radius 2 is 1.78 bits per heavy atom. The van der Waals surface area contributed by atoms with Gasteiger partial charge >= 0.3 is 0 Å². The van der Waals surface area contributed by atoms with Crippen LogP contribution >= 0.6 is 11.6 Å². The second kappa shape index (κ2) is 10.9. The van der Waals surface area contributed by atoms with E-state index in [4.69, 9.17) is 26.1 Å². The summed E-state index contributed by atoms with van der Waals surface area (Å²) in [6.45, 7) is 6.94. The molecule has 2 heterocycles. The Balaban J connectivity index is 1.49. The van der Waals surface area contributed by atoms with Gasteiger partial charge < -0.3 is 18.9 Å². The maximum Gasteiger partial charge on any atom is 0.142 e. The van der Waals surface area contributed by atoms with Crippen molar-refractivity contribution in [2.75, 3.05) is 20.1 Å². The number of halogens is 1. The van der Waals surface area contributed by atoms with E-state index in [-0.39, 0.29) is 12.2 Å². The van der Waals surface area contributed by atoms with Crippen LogP contribution in [0.2, 0.25) is 5.02 Å². The number of fused-ring (bicyclic) bond motifs is 1. The normalized spacial score (nSPS) is 16.9. The summed E-state index contributed by atoms with van der Waals surface area (Å²) in [7, 11) is 2.17. The van der Waals surface area contributed by atoms with E-state index in [1.807, 2.05) is 50.2 Å². The van der Waals surface area contributed by atoms with Crippen molar-refractivity contribution in [3.8, 4) is 22.9 Å². The molecule has 0 amide bonds. The lowest BCUT2D eigenvalue weighted by Crippen LogP contribution is -2.21. The Hall–Kier alpha value is -3.02. The molecule has 1 atom stereocenters. The molecule has 1 fully saturated rings. The molecular formula is C30H34ClN3O2. The largest absolute Gasteiger partial charge is 0.491 e. The fourth-order valence-corrected chi connectivity index (χ4v) is 5.11. The van der Waals surface area contributed by atoms with Gasteiger partial charge in [0.05, 0.1) is 28.3 Å². The number of hydrogen-bond donors (Lipinski definition) is 0. The van der Waals surface area contributed by atoms with Crippen LogP contribution < -0.4 is 9.47 Å². The predicted molar refractivity (Wildman–Crippen MR) is 147 cm³/mol. The summed E-state index contributed by atoms with van der Waals surface area (Å²) in [5.74, 6) is 2.47. The quantitative estimate of drug-likeness (QED) is 0.271. The molecule has 0 N–H and O–H groups in total.